The first-order valence-electron chi connectivity index (χ1n) is 6.10. The SMILES string of the molecule is Cc1oc(C)c(C(=O)N2CCNC(C)C2)c1C. The summed E-state index contributed by atoms with van der Waals surface area (Å²) in [5.41, 5.74) is 1.72. The van der Waals surface area contributed by atoms with E-state index in [4.69, 9.17) is 4.42 Å². The predicted molar refractivity (Wildman–Crippen MR) is 66.3 cm³/mol. The molecule has 0 bridgehead atoms. The van der Waals surface area contributed by atoms with Gasteiger partial charge in [0.1, 0.15) is 11.5 Å². The smallest absolute Gasteiger partial charge is 0.257 e. The monoisotopic (exact) mass is 236 g/mol. The van der Waals surface area contributed by atoms with Gasteiger partial charge in [0.05, 0.1) is 5.56 Å². The molecule has 1 saturated heterocycles. The molecular formula is C13H20N2O2. The van der Waals surface area contributed by atoms with Gasteiger partial charge in [0.2, 0.25) is 0 Å². The fourth-order valence-electron chi connectivity index (χ4n) is 2.38. The third-order valence-corrected chi connectivity index (χ3v) is 3.43. The standard InChI is InChI=1S/C13H20N2O2/c1-8-7-15(6-5-14-8)13(16)12-9(2)10(3)17-11(12)4/h8,14H,5-7H2,1-4H3. The first-order chi connectivity index (χ1) is 8.00. The van der Waals surface area contributed by atoms with Crippen LogP contribution >= 0.6 is 0 Å². The number of aryl methyl sites for hydroxylation is 2. The summed E-state index contributed by atoms with van der Waals surface area (Å²) in [6.07, 6.45) is 0. The highest BCUT2D eigenvalue weighted by atomic mass is 16.3. The molecule has 2 rings (SSSR count). The van der Waals surface area contributed by atoms with Gasteiger partial charge >= 0.3 is 0 Å². The second-order valence-corrected chi connectivity index (χ2v) is 4.82. The third-order valence-electron chi connectivity index (χ3n) is 3.43. The zero-order valence-corrected chi connectivity index (χ0v) is 11.0. The van der Waals surface area contributed by atoms with Crippen molar-refractivity contribution in [1.82, 2.24) is 10.2 Å². The Kier molecular flexibility index (Phi) is 3.24. The quantitative estimate of drug-likeness (QED) is 0.806. The number of carbonyl (C=O) groups excluding carboxylic acids is 1. The van der Waals surface area contributed by atoms with E-state index in [2.05, 4.69) is 12.2 Å². The number of piperazine rings is 1. The van der Waals surface area contributed by atoms with Crippen molar-refractivity contribution in [2.75, 3.05) is 19.6 Å². The second-order valence-electron chi connectivity index (χ2n) is 4.82. The summed E-state index contributed by atoms with van der Waals surface area (Å²) in [5, 5.41) is 3.34. The van der Waals surface area contributed by atoms with E-state index >= 15 is 0 Å². The van der Waals surface area contributed by atoms with Crippen LogP contribution in [-0.4, -0.2) is 36.5 Å². The fourth-order valence-corrected chi connectivity index (χ4v) is 2.38. The van der Waals surface area contributed by atoms with Crippen molar-refractivity contribution in [3.05, 3.63) is 22.6 Å². The molecule has 1 aliphatic heterocycles. The minimum absolute atomic E-state index is 0.102. The van der Waals surface area contributed by atoms with Gasteiger partial charge in [-0.1, -0.05) is 0 Å². The molecule has 1 aromatic heterocycles. The normalized spacial score (nSPS) is 20.7. The van der Waals surface area contributed by atoms with E-state index in [0.29, 0.717) is 6.04 Å². The van der Waals surface area contributed by atoms with Gasteiger partial charge in [0, 0.05) is 31.2 Å². The van der Waals surface area contributed by atoms with Crippen LogP contribution in [0.2, 0.25) is 0 Å². The van der Waals surface area contributed by atoms with E-state index in [9.17, 15) is 4.79 Å². The number of nitrogens with one attached hydrogen (secondary N) is 1. The van der Waals surface area contributed by atoms with Crippen LogP contribution in [0.3, 0.4) is 0 Å². The zero-order chi connectivity index (χ0) is 12.6. The Morgan fingerprint density at radius 2 is 2.06 bits per heavy atom. The molecule has 0 spiro atoms. The van der Waals surface area contributed by atoms with Gasteiger partial charge in [-0.25, -0.2) is 0 Å². The minimum Gasteiger partial charge on any atom is -0.466 e. The number of carbonyl (C=O) groups is 1. The van der Waals surface area contributed by atoms with Gasteiger partial charge in [-0.3, -0.25) is 4.79 Å². The van der Waals surface area contributed by atoms with Crippen LogP contribution in [0.25, 0.3) is 0 Å². The Morgan fingerprint density at radius 1 is 1.35 bits per heavy atom. The second kappa shape index (κ2) is 4.53. The highest BCUT2D eigenvalue weighted by molar-refractivity contribution is 5.97. The maximum absolute atomic E-state index is 12.4. The molecule has 4 nitrogen and oxygen atoms in total. The lowest BCUT2D eigenvalue weighted by molar-refractivity contribution is 0.0706. The van der Waals surface area contributed by atoms with Crippen LogP contribution < -0.4 is 5.32 Å². The molecule has 1 N–H and O–H groups in total. The molecule has 2 heterocycles. The van der Waals surface area contributed by atoms with Crippen LogP contribution in [0.4, 0.5) is 0 Å². The van der Waals surface area contributed by atoms with Crippen LogP contribution in [0.5, 0.6) is 0 Å². The van der Waals surface area contributed by atoms with Crippen LogP contribution in [0.15, 0.2) is 4.42 Å². The van der Waals surface area contributed by atoms with Gasteiger partial charge in [0.25, 0.3) is 5.91 Å². The van der Waals surface area contributed by atoms with E-state index in [1.165, 1.54) is 0 Å². The summed E-state index contributed by atoms with van der Waals surface area (Å²) in [4.78, 5) is 14.3. The highest BCUT2D eigenvalue weighted by Gasteiger charge is 2.26. The summed E-state index contributed by atoms with van der Waals surface area (Å²) in [6, 6.07) is 0.362. The lowest BCUT2D eigenvalue weighted by Gasteiger charge is -2.32. The van der Waals surface area contributed by atoms with Gasteiger partial charge in [-0.05, 0) is 27.7 Å². The average molecular weight is 236 g/mol. The molecule has 0 radical (unpaired) electrons. The topological polar surface area (TPSA) is 45.5 Å². The Morgan fingerprint density at radius 3 is 2.59 bits per heavy atom. The Labute approximate surface area is 102 Å². The summed E-state index contributed by atoms with van der Waals surface area (Å²) in [6.45, 7) is 10.2. The first kappa shape index (κ1) is 12.2. The van der Waals surface area contributed by atoms with Crippen molar-refractivity contribution in [2.45, 2.75) is 33.7 Å². The summed E-state index contributed by atoms with van der Waals surface area (Å²) in [7, 11) is 0. The van der Waals surface area contributed by atoms with Gasteiger partial charge in [-0.2, -0.15) is 0 Å². The van der Waals surface area contributed by atoms with Gasteiger partial charge < -0.3 is 14.6 Å². The van der Waals surface area contributed by atoms with Crippen molar-refractivity contribution < 1.29 is 9.21 Å². The van der Waals surface area contributed by atoms with Crippen molar-refractivity contribution >= 4 is 5.91 Å². The number of furan rings is 1. The summed E-state index contributed by atoms with van der Waals surface area (Å²) < 4.78 is 5.52. The third kappa shape index (κ3) is 2.22. The van der Waals surface area contributed by atoms with E-state index in [0.717, 1.165) is 42.3 Å². The molecule has 1 aliphatic rings. The molecule has 0 aliphatic carbocycles. The van der Waals surface area contributed by atoms with Crippen molar-refractivity contribution in [2.24, 2.45) is 0 Å². The molecule has 17 heavy (non-hydrogen) atoms. The Hall–Kier alpha value is -1.29. The molecule has 0 aromatic carbocycles. The van der Waals surface area contributed by atoms with E-state index in [1.807, 2.05) is 25.7 Å². The Bertz CT molecular complexity index is 437. The molecule has 1 unspecified atom stereocenters. The lowest BCUT2D eigenvalue weighted by Crippen LogP contribution is -2.51. The van der Waals surface area contributed by atoms with Crippen LogP contribution in [0.1, 0.15) is 34.4 Å². The first-order valence-corrected chi connectivity index (χ1v) is 6.10. The van der Waals surface area contributed by atoms with E-state index in [-0.39, 0.29) is 5.91 Å². The molecule has 1 fully saturated rings. The maximum Gasteiger partial charge on any atom is 0.257 e. The molecule has 1 atom stereocenters. The highest BCUT2D eigenvalue weighted by Crippen LogP contribution is 2.22. The van der Waals surface area contributed by atoms with Gasteiger partial charge in [0.15, 0.2) is 0 Å². The van der Waals surface area contributed by atoms with Crippen molar-refractivity contribution in [1.29, 1.82) is 0 Å². The summed E-state index contributed by atoms with van der Waals surface area (Å²) in [5.74, 6) is 1.68. The lowest BCUT2D eigenvalue weighted by atomic mass is 10.1. The average Bonchev–Trinajstić information content (AvgIpc) is 2.52. The van der Waals surface area contributed by atoms with E-state index in [1.54, 1.807) is 0 Å². The van der Waals surface area contributed by atoms with Gasteiger partial charge in [-0.15, -0.1) is 0 Å². The molecular weight excluding hydrogens is 216 g/mol. The maximum atomic E-state index is 12.4. The number of amides is 1. The number of nitrogens with zero attached hydrogens (tertiary/aromatic N) is 1. The molecule has 94 valence electrons. The van der Waals surface area contributed by atoms with E-state index < -0.39 is 0 Å². The molecule has 1 amide bonds. The number of rotatable bonds is 1. The van der Waals surface area contributed by atoms with Crippen molar-refractivity contribution in [3.63, 3.8) is 0 Å². The molecule has 0 saturated carbocycles. The fraction of sp³-hybridized carbons (Fsp3) is 0.615. The molecule has 4 heteroatoms. The van der Waals surface area contributed by atoms with Crippen LogP contribution in [-0.2, 0) is 0 Å². The summed E-state index contributed by atoms with van der Waals surface area (Å²) >= 11 is 0. The zero-order valence-electron chi connectivity index (χ0n) is 11.0. The minimum atomic E-state index is 0.102. The number of hydrogen-bond acceptors (Lipinski definition) is 3. The Balaban J connectivity index is 2.24. The predicted octanol–water partition coefficient (Wildman–Crippen LogP) is 1.64. The van der Waals surface area contributed by atoms with Crippen molar-refractivity contribution in [3.8, 4) is 0 Å². The number of hydrogen-bond donors (Lipinski definition) is 1. The molecule has 1 aromatic rings. The van der Waals surface area contributed by atoms with Crippen LogP contribution in [0, 0.1) is 20.8 Å². The largest absolute Gasteiger partial charge is 0.466 e.